The summed E-state index contributed by atoms with van der Waals surface area (Å²) in [6.45, 7) is 9.30. The number of morpholine rings is 1. The van der Waals surface area contributed by atoms with Gasteiger partial charge in [0.15, 0.2) is 5.96 Å². The van der Waals surface area contributed by atoms with Crippen LogP contribution in [0.4, 0.5) is 0 Å². The van der Waals surface area contributed by atoms with Gasteiger partial charge in [-0.2, -0.15) is 4.31 Å². The minimum absolute atomic E-state index is 0.00534. The third-order valence-electron chi connectivity index (χ3n) is 4.97. The van der Waals surface area contributed by atoms with E-state index in [9.17, 15) is 8.42 Å². The van der Waals surface area contributed by atoms with Gasteiger partial charge in [0.2, 0.25) is 10.0 Å². The maximum absolute atomic E-state index is 12.8. The third kappa shape index (κ3) is 9.32. The number of benzene rings is 1. The molecule has 1 aromatic carbocycles. The Balaban J connectivity index is 1.92. The molecule has 1 aromatic rings. The molecular formula is C22H38N4O5S. The number of nitrogens with zero attached hydrogens (tertiary/aromatic N) is 2. The number of methoxy groups -OCH3 is 1. The molecule has 0 spiro atoms. The van der Waals surface area contributed by atoms with Crippen molar-refractivity contribution in [3.8, 4) is 5.75 Å². The van der Waals surface area contributed by atoms with Crippen molar-refractivity contribution < 1.29 is 22.6 Å². The number of nitrogens with one attached hydrogen (secondary N) is 2. The zero-order chi connectivity index (χ0) is 23.4. The highest BCUT2D eigenvalue weighted by Gasteiger charge is 2.30. The molecule has 1 heterocycles. The first kappa shape index (κ1) is 26.4. The van der Waals surface area contributed by atoms with Crippen LogP contribution >= 0.6 is 0 Å². The summed E-state index contributed by atoms with van der Waals surface area (Å²) in [4.78, 5) is 4.61. The number of hydrogen-bond acceptors (Lipinski definition) is 6. The summed E-state index contributed by atoms with van der Waals surface area (Å²) in [5.74, 6) is 1.37. The summed E-state index contributed by atoms with van der Waals surface area (Å²) < 4.78 is 43.3. The van der Waals surface area contributed by atoms with Gasteiger partial charge in [-0.3, -0.25) is 0 Å². The molecule has 2 N–H and O–H groups in total. The van der Waals surface area contributed by atoms with E-state index in [0.717, 1.165) is 17.7 Å². The summed E-state index contributed by atoms with van der Waals surface area (Å²) in [5, 5.41) is 6.41. The topological polar surface area (TPSA) is 101 Å². The van der Waals surface area contributed by atoms with Crippen LogP contribution in [-0.4, -0.2) is 83.1 Å². The lowest BCUT2D eigenvalue weighted by atomic mass is 10.2. The largest absolute Gasteiger partial charge is 0.497 e. The maximum atomic E-state index is 12.8. The number of sulfonamides is 1. The molecular weight excluding hydrogens is 432 g/mol. The predicted molar refractivity (Wildman–Crippen MR) is 127 cm³/mol. The van der Waals surface area contributed by atoms with Crippen LogP contribution in [0.3, 0.4) is 0 Å². The minimum Gasteiger partial charge on any atom is -0.497 e. The second-order valence-corrected chi connectivity index (χ2v) is 9.90. The molecule has 0 aromatic heterocycles. The SMILES string of the molecule is CCOCCCNC(=NCc1ccc(OC)cc1)NCCS(=O)(=O)N1C[C@@H](C)O[C@@H](C)C1. The van der Waals surface area contributed by atoms with Crippen molar-refractivity contribution in [3.63, 3.8) is 0 Å². The van der Waals surface area contributed by atoms with Crippen molar-refractivity contribution in [2.75, 3.05) is 52.3 Å². The average molecular weight is 471 g/mol. The summed E-state index contributed by atoms with van der Waals surface area (Å²) >= 11 is 0. The van der Waals surface area contributed by atoms with Crippen LogP contribution in [0.2, 0.25) is 0 Å². The van der Waals surface area contributed by atoms with Crippen molar-refractivity contribution in [2.24, 2.45) is 4.99 Å². The Bertz CT molecular complexity index is 791. The zero-order valence-corrected chi connectivity index (χ0v) is 20.5. The molecule has 1 aliphatic heterocycles. The molecule has 10 heteroatoms. The Kier molecular flexibility index (Phi) is 11.2. The fraction of sp³-hybridized carbons (Fsp3) is 0.682. The van der Waals surface area contributed by atoms with E-state index in [1.54, 1.807) is 7.11 Å². The Morgan fingerprint density at radius 1 is 1.16 bits per heavy atom. The smallest absolute Gasteiger partial charge is 0.216 e. The van der Waals surface area contributed by atoms with Crippen LogP contribution in [0.1, 0.15) is 32.8 Å². The molecule has 0 amide bonds. The Labute approximate surface area is 192 Å². The van der Waals surface area contributed by atoms with Gasteiger partial charge >= 0.3 is 0 Å². The van der Waals surface area contributed by atoms with Crippen molar-refractivity contribution in [1.29, 1.82) is 0 Å². The van der Waals surface area contributed by atoms with Gasteiger partial charge in [-0.05, 0) is 44.9 Å². The van der Waals surface area contributed by atoms with Crippen LogP contribution in [0.15, 0.2) is 29.3 Å². The Morgan fingerprint density at radius 2 is 1.81 bits per heavy atom. The Morgan fingerprint density at radius 3 is 2.44 bits per heavy atom. The van der Waals surface area contributed by atoms with Gasteiger partial charge in [-0.15, -0.1) is 0 Å². The first-order valence-corrected chi connectivity index (χ1v) is 12.8. The van der Waals surface area contributed by atoms with Crippen molar-refractivity contribution >= 4 is 16.0 Å². The summed E-state index contributed by atoms with van der Waals surface area (Å²) in [6.07, 6.45) is 0.629. The minimum atomic E-state index is -3.38. The van der Waals surface area contributed by atoms with E-state index in [1.165, 1.54) is 4.31 Å². The second kappa shape index (κ2) is 13.6. The molecule has 32 heavy (non-hydrogen) atoms. The normalized spacial score (nSPS) is 20.2. The first-order chi connectivity index (χ1) is 15.3. The van der Waals surface area contributed by atoms with E-state index in [2.05, 4.69) is 15.6 Å². The van der Waals surface area contributed by atoms with Gasteiger partial charge in [-0.25, -0.2) is 13.4 Å². The van der Waals surface area contributed by atoms with E-state index < -0.39 is 10.0 Å². The van der Waals surface area contributed by atoms with Gasteiger partial charge in [0.05, 0.1) is 31.6 Å². The lowest BCUT2D eigenvalue weighted by Gasteiger charge is -2.34. The zero-order valence-electron chi connectivity index (χ0n) is 19.7. The van der Waals surface area contributed by atoms with E-state index in [1.807, 2.05) is 45.0 Å². The van der Waals surface area contributed by atoms with Gasteiger partial charge in [0, 0.05) is 39.4 Å². The first-order valence-electron chi connectivity index (χ1n) is 11.2. The maximum Gasteiger partial charge on any atom is 0.216 e. The monoisotopic (exact) mass is 470 g/mol. The predicted octanol–water partition coefficient (Wildman–Crippen LogP) is 1.60. The molecule has 0 aliphatic carbocycles. The van der Waals surface area contributed by atoms with Crippen molar-refractivity contribution in [2.45, 2.75) is 45.9 Å². The highest BCUT2D eigenvalue weighted by Crippen LogP contribution is 2.15. The van der Waals surface area contributed by atoms with Crippen LogP contribution < -0.4 is 15.4 Å². The molecule has 1 aliphatic rings. The number of rotatable bonds is 12. The quantitative estimate of drug-likeness (QED) is 0.272. The molecule has 2 rings (SSSR count). The van der Waals surface area contributed by atoms with Crippen LogP contribution in [0.25, 0.3) is 0 Å². The highest BCUT2D eigenvalue weighted by molar-refractivity contribution is 7.89. The number of guanidine groups is 1. The van der Waals surface area contributed by atoms with Crippen molar-refractivity contribution in [3.05, 3.63) is 29.8 Å². The summed E-state index contributed by atoms with van der Waals surface area (Å²) in [6, 6.07) is 7.70. The van der Waals surface area contributed by atoms with Gasteiger partial charge < -0.3 is 24.8 Å². The van der Waals surface area contributed by atoms with Gasteiger partial charge in [0.25, 0.3) is 0 Å². The molecule has 0 radical (unpaired) electrons. The van der Waals surface area contributed by atoms with Crippen LogP contribution in [0, 0.1) is 0 Å². The average Bonchev–Trinajstić information content (AvgIpc) is 2.76. The number of aliphatic imine (C=N–C) groups is 1. The molecule has 0 saturated carbocycles. The van der Waals surface area contributed by atoms with Gasteiger partial charge in [0.1, 0.15) is 5.75 Å². The van der Waals surface area contributed by atoms with E-state index in [0.29, 0.717) is 45.4 Å². The fourth-order valence-corrected chi connectivity index (χ4v) is 4.88. The highest BCUT2D eigenvalue weighted by atomic mass is 32.2. The summed E-state index contributed by atoms with van der Waals surface area (Å²) in [7, 11) is -1.75. The third-order valence-corrected chi connectivity index (χ3v) is 6.78. The molecule has 182 valence electrons. The van der Waals surface area contributed by atoms with Crippen LogP contribution in [0.5, 0.6) is 5.75 Å². The second-order valence-electron chi connectivity index (χ2n) is 7.81. The number of hydrogen-bond donors (Lipinski definition) is 2. The molecule has 1 saturated heterocycles. The molecule has 1 fully saturated rings. The lowest BCUT2D eigenvalue weighted by Crippen LogP contribution is -2.50. The molecule has 0 unspecified atom stereocenters. The van der Waals surface area contributed by atoms with Crippen molar-refractivity contribution in [1.82, 2.24) is 14.9 Å². The van der Waals surface area contributed by atoms with E-state index in [4.69, 9.17) is 14.2 Å². The van der Waals surface area contributed by atoms with E-state index in [-0.39, 0.29) is 24.5 Å². The Hall–Kier alpha value is -1.88. The summed E-state index contributed by atoms with van der Waals surface area (Å²) in [5.41, 5.74) is 1.03. The molecule has 2 atom stereocenters. The lowest BCUT2D eigenvalue weighted by molar-refractivity contribution is -0.0440. The fourth-order valence-electron chi connectivity index (χ4n) is 3.39. The van der Waals surface area contributed by atoms with Crippen LogP contribution in [-0.2, 0) is 26.0 Å². The van der Waals surface area contributed by atoms with E-state index >= 15 is 0 Å². The number of ether oxygens (including phenoxy) is 3. The molecule has 9 nitrogen and oxygen atoms in total. The standard InChI is InChI=1S/C22H38N4O5S/c1-5-30-13-6-11-23-22(25-15-20-7-9-21(29-4)10-8-20)24-12-14-32(27,28)26-16-18(2)31-19(3)17-26/h7-10,18-19H,5-6,11-17H2,1-4H3,(H2,23,24,25)/t18-,19+. The van der Waals surface area contributed by atoms with Gasteiger partial charge in [-0.1, -0.05) is 12.1 Å². The molecule has 0 bridgehead atoms.